The molecule has 0 radical (unpaired) electrons. The van der Waals surface area contributed by atoms with Gasteiger partial charge in [-0.15, -0.1) is 0 Å². The molecular formula is C28H40N6O8. The van der Waals surface area contributed by atoms with Crippen LogP contribution in [0.3, 0.4) is 0 Å². The molecule has 0 aromatic carbocycles. The maximum Gasteiger partial charge on any atom is 0.322 e. The largest absolute Gasteiger partial charge is 0.464 e. The Hall–Kier alpha value is -3.80. The molecule has 0 spiro atoms. The highest BCUT2D eigenvalue weighted by Gasteiger charge is 2.62. The summed E-state index contributed by atoms with van der Waals surface area (Å²) in [5.41, 5.74) is 4.66. The summed E-state index contributed by atoms with van der Waals surface area (Å²) in [6.45, 7) is 9.06. The van der Waals surface area contributed by atoms with Crippen molar-refractivity contribution in [1.82, 2.24) is 19.9 Å². The number of nitriles is 1. The third-order valence-electron chi connectivity index (χ3n) is 7.28. The molecule has 0 bridgehead atoms. The number of aromatic nitrogens is 3. The zero-order valence-electron chi connectivity index (χ0n) is 24.7. The number of hydrogen-bond acceptors (Lipinski definition) is 13. The van der Waals surface area contributed by atoms with E-state index in [1.807, 2.05) is 13.8 Å². The first-order valence-corrected chi connectivity index (χ1v) is 14.2. The third-order valence-corrected chi connectivity index (χ3v) is 7.28. The molecule has 2 aromatic heterocycles. The van der Waals surface area contributed by atoms with Crippen LogP contribution in [0.2, 0.25) is 0 Å². The summed E-state index contributed by atoms with van der Waals surface area (Å²) >= 11 is 0. The van der Waals surface area contributed by atoms with Gasteiger partial charge in [0, 0.05) is 12.8 Å². The number of hydrogen-bond donors (Lipinski definition) is 2. The Bertz CT molecular complexity index is 1270. The van der Waals surface area contributed by atoms with Gasteiger partial charge in [-0.25, -0.2) is 9.50 Å². The van der Waals surface area contributed by atoms with Crippen LogP contribution in [0.25, 0.3) is 5.52 Å². The molecule has 0 amide bonds. The van der Waals surface area contributed by atoms with Crippen molar-refractivity contribution in [2.24, 2.45) is 5.92 Å². The topological polar surface area (TPSA) is 189 Å². The summed E-state index contributed by atoms with van der Waals surface area (Å²) in [6.07, 6.45) is -0.494. The predicted molar refractivity (Wildman–Crippen MR) is 148 cm³/mol. The smallest absolute Gasteiger partial charge is 0.322 e. The zero-order valence-corrected chi connectivity index (χ0v) is 24.7. The molecule has 230 valence electrons. The van der Waals surface area contributed by atoms with Crippen LogP contribution in [-0.4, -0.2) is 76.8 Å². The number of nitrogen functional groups attached to an aromatic ring is 1. The molecule has 3 N–H and O–H groups in total. The summed E-state index contributed by atoms with van der Waals surface area (Å²) in [4.78, 5) is 41.3. The average molecular weight is 589 g/mol. The lowest BCUT2D eigenvalue weighted by Gasteiger charge is -2.28. The van der Waals surface area contributed by atoms with Gasteiger partial charge < -0.3 is 29.4 Å². The van der Waals surface area contributed by atoms with Gasteiger partial charge in [-0.3, -0.25) is 19.7 Å². The fourth-order valence-electron chi connectivity index (χ4n) is 4.55. The van der Waals surface area contributed by atoms with E-state index in [1.54, 1.807) is 32.9 Å². The van der Waals surface area contributed by atoms with E-state index in [2.05, 4.69) is 21.5 Å². The van der Waals surface area contributed by atoms with Gasteiger partial charge in [-0.1, -0.05) is 40.5 Å². The van der Waals surface area contributed by atoms with E-state index >= 15 is 0 Å². The number of nitrogens with two attached hydrogens (primary N) is 1. The molecule has 0 aliphatic carbocycles. The van der Waals surface area contributed by atoms with Crippen molar-refractivity contribution >= 4 is 29.2 Å². The molecule has 0 saturated carbocycles. The molecular weight excluding hydrogens is 548 g/mol. The van der Waals surface area contributed by atoms with E-state index in [-0.39, 0.29) is 37.7 Å². The van der Waals surface area contributed by atoms with E-state index in [0.29, 0.717) is 18.0 Å². The standard InChI is InChI=1S/C28H40N6O8/c1-6-18(7-2)12-39-27(37)17(5)32-16-38-13-20-24(40-22(35)8-3)25(41-23(36)9-4)28(14-29,42-20)21-11-10-19-26(30)31-15-33-34(19)21/h10-11,15,17-18,20,24-25,32H,6-9,12-13,16H2,1-5H3,(H2,30,31,33)/t17-,20+,24+,25+,28-/m0/s1. The molecule has 3 heterocycles. The Morgan fingerprint density at radius 3 is 2.50 bits per heavy atom. The number of nitrogens with one attached hydrogen (secondary N) is 1. The number of carbonyl (C=O) groups excluding carboxylic acids is 3. The van der Waals surface area contributed by atoms with Crippen LogP contribution >= 0.6 is 0 Å². The molecule has 2 aromatic rings. The molecule has 42 heavy (non-hydrogen) atoms. The van der Waals surface area contributed by atoms with Crippen molar-refractivity contribution in [3.8, 4) is 6.07 Å². The minimum absolute atomic E-state index is 0.00675. The second-order valence-electron chi connectivity index (χ2n) is 9.99. The van der Waals surface area contributed by atoms with Crippen LogP contribution in [-0.2, 0) is 43.7 Å². The second kappa shape index (κ2) is 14.9. The minimum Gasteiger partial charge on any atom is -0.464 e. The van der Waals surface area contributed by atoms with Crippen molar-refractivity contribution < 1.29 is 38.1 Å². The summed E-state index contributed by atoms with van der Waals surface area (Å²) < 4.78 is 30.2. The summed E-state index contributed by atoms with van der Waals surface area (Å²) in [5.74, 6) is -1.15. The maximum atomic E-state index is 12.5. The number of carbonyl (C=O) groups is 3. The normalized spacial score (nSPS) is 22.5. The quantitative estimate of drug-likeness (QED) is 0.133. The minimum atomic E-state index is -1.94. The molecule has 1 saturated heterocycles. The van der Waals surface area contributed by atoms with Gasteiger partial charge in [0.2, 0.25) is 5.60 Å². The predicted octanol–water partition coefficient (Wildman–Crippen LogP) is 2.00. The van der Waals surface area contributed by atoms with Crippen LogP contribution in [0, 0.1) is 17.2 Å². The van der Waals surface area contributed by atoms with Crippen molar-refractivity contribution in [1.29, 1.82) is 5.26 Å². The van der Waals surface area contributed by atoms with E-state index in [0.717, 1.165) is 12.8 Å². The van der Waals surface area contributed by atoms with Crippen LogP contribution in [0.5, 0.6) is 0 Å². The molecule has 5 atom stereocenters. The van der Waals surface area contributed by atoms with Gasteiger partial charge in [0.05, 0.1) is 25.6 Å². The van der Waals surface area contributed by atoms with Crippen molar-refractivity contribution in [2.75, 3.05) is 25.7 Å². The lowest BCUT2D eigenvalue weighted by Crippen LogP contribution is -2.46. The van der Waals surface area contributed by atoms with Gasteiger partial charge in [-0.2, -0.15) is 10.4 Å². The fraction of sp³-hybridized carbons (Fsp3) is 0.643. The molecule has 1 aliphatic heterocycles. The van der Waals surface area contributed by atoms with Gasteiger partial charge in [0.25, 0.3) is 0 Å². The number of esters is 3. The first kappa shape index (κ1) is 32.7. The highest BCUT2D eigenvalue weighted by atomic mass is 16.7. The lowest BCUT2D eigenvalue weighted by atomic mass is 9.92. The van der Waals surface area contributed by atoms with E-state index < -0.39 is 47.9 Å². The van der Waals surface area contributed by atoms with Gasteiger partial charge in [0.15, 0.2) is 18.0 Å². The van der Waals surface area contributed by atoms with Crippen LogP contribution in [0.1, 0.15) is 66.0 Å². The number of anilines is 1. The van der Waals surface area contributed by atoms with Crippen LogP contribution in [0.4, 0.5) is 5.82 Å². The molecule has 1 aliphatic rings. The second-order valence-corrected chi connectivity index (χ2v) is 9.99. The molecule has 1 fully saturated rings. The Morgan fingerprint density at radius 1 is 1.17 bits per heavy atom. The highest BCUT2D eigenvalue weighted by molar-refractivity contribution is 5.75. The van der Waals surface area contributed by atoms with Gasteiger partial charge in [0.1, 0.15) is 30.1 Å². The maximum absolute atomic E-state index is 12.5. The van der Waals surface area contributed by atoms with Crippen molar-refractivity contribution in [3.05, 3.63) is 24.2 Å². The summed E-state index contributed by atoms with van der Waals surface area (Å²) in [7, 11) is 0. The first-order chi connectivity index (χ1) is 20.1. The molecule has 14 heteroatoms. The lowest BCUT2D eigenvalue weighted by molar-refractivity contribution is -0.169. The highest BCUT2D eigenvalue weighted by Crippen LogP contribution is 2.43. The SMILES string of the molecule is CCC(=O)O[C@H]1[C@@H](OC(=O)CC)[C@](C#N)(c2ccc3c(N)ncnn23)O[C@@H]1COCN[C@@H](C)C(=O)OCC(CC)CC. The van der Waals surface area contributed by atoms with E-state index in [9.17, 15) is 19.6 Å². The Balaban J connectivity index is 1.83. The monoisotopic (exact) mass is 588 g/mol. The molecule has 3 rings (SSSR count). The fourth-order valence-corrected chi connectivity index (χ4v) is 4.55. The van der Waals surface area contributed by atoms with Crippen molar-refractivity contribution in [3.63, 3.8) is 0 Å². The number of nitrogens with zero attached hydrogens (tertiary/aromatic N) is 4. The van der Waals surface area contributed by atoms with E-state index in [1.165, 1.54) is 10.8 Å². The molecule has 0 unspecified atom stereocenters. The number of rotatable bonds is 15. The Kier molecular flexibility index (Phi) is 11.6. The van der Waals surface area contributed by atoms with Crippen LogP contribution in [0.15, 0.2) is 18.5 Å². The van der Waals surface area contributed by atoms with Crippen molar-refractivity contribution in [2.45, 2.75) is 90.3 Å². The van der Waals surface area contributed by atoms with Gasteiger partial charge >= 0.3 is 17.9 Å². The first-order valence-electron chi connectivity index (χ1n) is 14.2. The van der Waals surface area contributed by atoms with Crippen LogP contribution < -0.4 is 11.1 Å². The van der Waals surface area contributed by atoms with E-state index in [4.69, 9.17) is 29.4 Å². The zero-order chi connectivity index (χ0) is 30.9. The van der Waals surface area contributed by atoms with Gasteiger partial charge in [-0.05, 0) is 25.0 Å². The average Bonchev–Trinajstić information content (AvgIpc) is 3.56. The molecule has 14 nitrogen and oxygen atoms in total. The Labute approximate surface area is 244 Å². The Morgan fingerprint density at radius 2 is 1.86 bits per heavy atom. The number of ether oxygens (including phenoxy) is 5. The summed E-state index contributed by atoms with van der Waals surface area (Å²) in [5, 5.41) is 17.7. The third kappa shape index (κ3) is 7.15. The summed E-state index contributed by atoms with van der Waals surface area (Å²) in [6, 6.07) is 4.66. The number of fused-ring (bicyclic) bond motifs is 1.